The largest absolute Gasteiger partial charge is 0.493 e. The molecule has 0 bridgehead atoms. The molecule has 2 heterocycles. The second-order valence-electron chi connectivity index (χ2n) is 9.39. The van der Waals surface area contributed by atoms with Crippen LogP contribution >= 0.6 is 0 Å². The molecule has 7 atom stereocenters. The molecular formula is C27H34O11. The van der Waals surface area contributed by atoms with Crippen LogP contribution in [0, 0.1) is 11.8 Å². The van der Waals surface area contributed by atoms with Gasteiger partial charge in [0.2, 0.25) is 6.29 Å². The predicted molar refractivity (Wildman–Crippen MR) is 132 cm³/mol. The number of esters is 1. The van der Waals surface area contributed by atoms with Gasteiger partial charge in [-0.1, -0.05) is 12.1 Å². The normalized spacial score (nSPS) is 29.0. The molecule has 208 valence electrons. The summed E-state index contributed by atoms with van der Waals surface area (Å²) in [6, 6.07) is 10.8. The zero-order valence-corrected chi connectivity index (χ0v) is 21.5. The third-order valence-electron chi connectivity index (χ3n) is 7.03. The van der Waals surface area contributed by atoms with Gasteiger partial charge in [0.15, 0.2) is 23.0 Å². The molecule has 2 aliphatic heterocycles. The van der Waals surface area contributed by atoms with Crippen LogP contribution in [0.25, 0.3) is 0 Å². The van der Waals surface area contributed by atoms with Crippen molar-refractivity contribution in [1.29, 1.82) is 0 Å². The van der Waals surface area contributed by atoms with Crippen molar-refractivity contribution in [2.75, 3.05) is 34.5 Å². The van der Waals surface area contributed by atoms with Crippen LogP contribution in [0.2, 0.25) is 0 Å². The van der Waals surface area contributed by atoms with Gasteiger partial charge in [-0.3, -0.25) is 4.79 Å². The van der Waals surface area contributed by atoms with Crippen molar-refractivity contribution < 1.29 is 53.6 Å². The summed E-state index contributed by atoms with van der Waals surface area (Å²) in [7, 11) is 4.60. The summed E-state index contributed by atoms with van der Waals surface area (Å²) in [6.07, 6.45) is -6.02. The quantitative estimate of drug-likeness (QED) is 0.315. The van der Waals surface area contributed by atoms with Crippen molar-refractivity contribution in [1.82, 2.24) is 0 Å². The molecule has 2 aromatic rings. The Morgan fingerprint density at radius 2 is 1.42 bits per heavy atom. The second-order valence-corrected chi connectivity index (χ2v) is 9.39. The van der Waals surface area contributed by atoms with E-state index in [2.05, 4.69) is 0 Å². The van der Waals surface area contributed by atoms with E-state index in [-0.39, 0.29) is 23.6 Å². The fourth-order valence-electron chi connectivity index (χ4n) is 4.85. The number of hydrogen-bond acceptors (Lipinski definition) is 11. The Hall–Kier alpha value is -3.09. The molecule has 0 radical (unpaired) electrons. The highest BCUT2D eigenvalue weighted by molar-refractivity contribution is 5.75. The summed E-state index contributed by atoms with van der Waals surface area (Å²) in [6.45, 7) is -0.254. The summed E-state index contributed by atoms with van der Waals surface area (Å²) < 4.78 is 32.7. The Bertz CT molecular complexity index is 1100. The van der Waals surface area contributed by atoms with Gasteiger partial charge < -0.3 is 48.8 Å². The Labute approximate surface area is 220 Å². The Morgan fingerprint density at radius 1 is 0.816 bits per heavy atom. The first-order valence-electron chi connectivity index (χ1n) is 12.3. The third-order valence-corrected chi connectivity index (χ3v) is 7.03. The molecule has 0 saturated carbocycles. The first-order valence-corrected chi connectivity index (χ1v) is 12.3. The number of rotatable bonds is 10. The van der Waals surface area contributed by atoms with E-state index in [1.165, 1.54) is 7.11 Å². The molecule has 1 unspecified atom stereocenters. The lowest BCUT2D eigenvalue weighted by atomic mass is 9.85. The summed E-state index contributed by atoms with van der Waals surface area (Å²) in [4.78, 5) is 12.6. The molecule has 0 aromatic heterocycles. The van der Waals surface area contributed by atoms with E-state index >= 15 is 0 Å². The van der Waals surface area contributed by atoms with Gasteiger partial charge in [0.25, 0.3) is 0 Å². The van der Waals surface area contributed by atoms with Gasteiger partial charge in [0, 0.05) is 5.92 Å². The number of carbonyl (C=O) groups is 1. The minimum atomic E-state index is -1.56. The van der Waals surface area contributed by atoms with Crippen LogP contribution in [0.3, 0.4) is 0 Å². The van der Waals surface area contributed by atoms with E-state index in [1.807, 2.05) is 18.2 Å². The van der Waals surface area contributed by atoms with Gasteiger partial charge in [-0.15, -0.1) is 0 Å². The number of aliphatic hydroxyl groups is 4. The van der Waals surface area contributed by atoms with Crippen LogP contribution in [0.4, 0.5) is 0 Å². The average Bonchev–Trinajstić information content (AvgIpc) is 3.27. The van der Waals surface area contributed by atoms with Gasteiger partial charge in [-0.2, -0.15) is 0 Å². The Kier molecular flexibility index (Phi) is 8.95. The van der Waals surface area contributed by atoms with E-state index < -0.39 is 37.3 Å². The lowest BCUT2D eigenvalue weighted by molar-refractivity contribution is -0.277. The zero-order valence-electron chi connectivity index (χ0n) is 21.5. The van der Waals surface area contributed by atoms with Crippen LogP contribution in [0.5, 0.6) is 23.0 Å². The Morgan fingerprint density at radius 3 is 2.05 bits per heavy atom. The first kappa shape index (κ1) is 27.9. The van der Waals surface area contributed by atoms with E-state index in [0.29, 0.717) is 36.7 Å². The monoisotopic (exact) mass is 534 g/mol. The van der Waals surface area contributed by atoms with Crippen molar-refractivity contribution in [3.8, 4) is 23.0 Å². The lowest BCUT2D eigenvalue weighted by Gasteiger charge is -2.39. The summed E-state index contributed by atoms with van der Waals surface area (Å²) in [5.41, 5.74) is 1.81. The second kappa shape index (κ2) is 12.2. The van der Waals surface area contributed by atoms with Crippen LogP contribution < -0.4 is 18.9 Å². The maximum absolute atomic E-state index is 12.6. The molecule has 11 heteroatoms. The third kappa shape index (κ3) is 5.82. The van der Waals surface area contributed by atoms with Crippen LogP contribution in [-0.2, 0) is 27.1 Å². The standard InChI is InChI=1S/C27H34O11/c1-33-18-6-4-14(10-20(18)34-2)8-16-13-36-26(32)17(16)9-15-5-7-19(21(11-15)35-3)37-27-25(31)24(30)23(29)22(12-28)38-27/h4-7,10-11,16-17,22-25,27-31H,8-9,12-13H2,1-3H3/t16-,17?,22+,23+,24-,25+,27+/m0/s1. The van der Waals surface area contributed by atoms with Gasteiger partial charge >= 0.3 is 5.97 Å². The summed E-state index contributed by atoms with van der Waals surface area (Å²) >= 11 is 0. The predicted octanol–water partition coefficient (Wildman–Crippen LogP) is 0.466. The minimum absolute atomic E-state index is 0.0448. The molecular weight excluding hydrogens is 500 g/mol. The molecule has 0 aliphatic carbocycles. The number of hydrogen-bond donors (Lipinski definition) is 4. The van der Waals surface area contributed by atoms with Crippen LogP contribution in [0.1, 0.15) is 11.1 Å². The van der Waals surface area contributed by atoms with Gasteiger partial charge in [0.05, 0.1) is 40.5 Å². The number of cyclic esters (lactones) is 1. The highest BCUT2D eigenvalue weighted by Crippen LogP contribution is 2.36. The van der Waals surface area contributed by atoms with Crippen molar-refractivity contribution in [3.63, 3.8) is 0 Å². The molecule has 0 spiro atoms. The SMILES string of the molecule is COc1ccc(C[C@H]2COC(=O)C2Cc2ccc(O[C@@H]3O[C@H](CO)[C@@H](O)[C@H](O)[C@H]3O)c(OC)c2)cc1OC. The number of methoxy groups -OCH3 is 3. The fraction of sp³-hybridized carbons (Fsp3) is 0.519. The fourth-order valence-corrected chi connectivity index (χ4v) is 4.85. The topological polar surface area (TPSA) is 153 Å². The van der Waals surface area contributed by atoms with E-state index in [1.54, 1.807) is 32.4 Å². The minimum Gasteiger partial charge on any atom is -0.493 e. The molecule has 2 fully saturated rings. The lowest BCUT2D eigenvalue weighted by Crippen LogP contribution is -2.60. The number of carbonyl (C=O) groups excluding carboxylic acids is 1. The molecule has 4 rings (SSSR count). The van der Waals surface area contributed by atoms with Crippen LogP contribution in [0.15, 0.2) is 36.4 Å². The van der Waals surface area contributed by atoms with Gasteiger partial charge in [-0.05, 0) is 48.2 Å². The highest BCUT2D eigenvalue weighted by atomic mass is 16.7. The highest BCUT2D eigenvalue weighted by Gasteiger charge is 2.45. The van der Waals surface area contributed by atoms with Crippen LogP contribution in [-0.4, -0.2) is 91.6 Å². The van der Waals surface area contributed by atoms with Gasteiger partial charge in [-0.25, -0.2) is 0 Å². The molecule has 4 N–H and O–H groups in total. The number of aliphatic hydroxyl groups excluding tert-OH is 4. The molecule has 2 saturated heterocycles. The molecule has 2 aromatic carbocycles. The zero-order chi connectivity index (χ0) is 27.4. The maximum Gasteiger partial charge on any atom is 0.309 e. The summed E-state index contributed by atoms with van der Waals surface area (Å²) in [5, 5.41) is 39.7. The van der Waals surface area contributed by atoms with Crippen molar-refractivity contribution in [2.24, 2.45) is 11.8 Å². The van der Waals surface area contributed by atoms with E-state index in [4.69, 9.17) is 28.4 Å². The first-order chi connectivity index (χ1) is 18.3. The smallest absolute Gasteiger partial charge is 0.309 e. The number of benzene rings is 2. The maximum atomic E-state index is 12.6. The molecule has 2 aliphatic rings. The summed E-state index contributed by atoms with van der Waals surface area (Å²) in [5.74, 6) is 1.10. The molecule has 11 nitrogen and oxygen atoms in total. The molecule has 0 amide bonds. The average molecular weight is 535 g/mol. The van der Waals surface area contributed by atoms with Gasteiger partial charge in [0.1, 0.15) is 24.4 Å². The van der Waals surface area contributed by atoms with Crippen molar-refractivity contribution in [2.45, 2.75) is 43.5 Å². The number of ether oxygens (including phenoxy) is 6. The molecule has 38 heavy (non-hydrogen) atoms. The Balaban J connectivity index is 1.47. The van der Waals surface area contributed by atoms with E-state index in [0.717, 1.165) is 11.1 Å². The van der Waals surface area contributed by atoms with E-state index in [9.17, 15) is 25.2 Å². The van der Waals surface area contributed by atoms with Crippen molar-refractivity contribution >= 4 is 5.97 Å². The van der Waals surface area contributed by atoms with Crippen molar-refractivity contribution in [3.05, 3.63) is 47.5 Å².